The fourth-order valence-corrected chi connectivity index (χ4v) is 5.15. The summed E-state index contributed by atoms with van der Waals surface area (Å²) in [5, 5.41) is 12.0. The number of nitrogens with zero attached hydrogens (tertiary/aromatic N) is 1. The maximum absolute atomic E-state index is 12.9. The Kier molecular flexibility index (Phi) is 7.66. The van der Waals surface area contributed by atoms with Gasteiger partial charge in [0.15, 0.2) is 0 Å². The number of nitrogens with one attached hydrogen (secondary N) is 2. The van der Waals surface area contributed by atoms with Gasteiger partial charge in [0, 0.05) is 31.6 Å². The van der Waals surface area contributed by atoms with Gasteiger partial charge < -0.3 is 15.2 Å². The molecule has 1 fully saturated rings. The van der Waals surface area contributed by atoms with E-state index in [-0.39, 0.29) is 24.5 Å². The molecule has 0 atom stereocenters. The van der Waals surface area contributed by atoms with Crippen LogP contribution in [0.2, 0.25) is 0 Å². The predicted molar refractivity (Wildman–Crippen MR) is 118 cm³/mol. The highest BCUT2D eigenvalue weighted by atomic mass is 32.2. The number of hydrogen-bond donors (Lipinski definition) is 3. The number of amides is 1. The lowest BCUT2D eigenvalue weighted by Crippen LogP contribution is -2.52. The highest BCUT2D eigenvalue weighted by Gasteiger charge is 2.39. The van der Waals surface area contributed by atoms with Crippen LogP contribution in [0.5, 0.6) is 5.75 Å². The topological polar surface area (TPSA) is 108 Å². The van der Waals surface area contributed by atoms with Crippen molar-refractivity contribution in [2.45, 2.75) is 18.3 Å². The first-order chi connectivity index (χ1) is 14.9. The lowest BCUT2D eigenvalue weighted by Gasteiger charge is -2.41. The van der Waals surface area contributed by atoms with Crippen molar-refractivity contribution in [3.05, 3.63) is 65.7 Å². The molecule has 0 aliphatic carbocycles. The van der Waals surface area contributed by atoms with E-state index in [1.807, 2.05) is 36.4 Å². The first kappa shape index (κ1) is 23.2. The number of ether oxygens (including phenoxy) is 1. The molecule has 0 radical (unpaired) electrons. The van der Waals surface area contributed by atoms with E-state index in [0.717, 1.165) is 5.56 Å². The molecular weight excluding hydrogens is 418 g/mol. The maximum atomic E-state index is 12.9. The molecule has 0 aromatic heterocycles. The molecule has 8 nitrogen and oxygen atoms in total. The average Bonchev–Trinajstić information content (AvgIpc) is 2.82. The molecular formula is C22H29N3O5S. The molecule has 1 amide bonds. The van der Waals surface area contributed by atoms with E-state index in [4.69, 9.17) is 9.84 Å². The van der Waals surface area contributed by atoms with Gasteiger partial charge >= 0.3 is 0 Å². The van der Waals surface area contributed by atoms with E-state index in [1.54, 1.807) is 18.2 Å². The number of aliphatic hydroxyl groups is 1. The van der Waals surface area contributed by atoms with Gasteiger partial charge in [-0.25, -0.2) is 0 Å². The molecule has 168 valence electrons. The Morgan fingerprint density at radius 2 is 1.74 bits per heavy atom. The Morgan fingerprint density at radius 1 is 1.10 bits per heavy atom. The Bertz CT molecular complexity index is 974. The van der Waals surface area contributed by atoms with Crippen molar-refractivity contribution in [1.82, 2.24) is 14.3 Å². The number of carbonyl (C=O) groups excluding carboxylic acids is 1. The summed E-state index contributed by atoms with van der Waals surface area (Å²) in [6.07, 6.45) is 1.12. The smallest absolute Gasteiger partial charge is 0.279 e. The maximum Gasteiger partial charge on any atom is 0.279 e. The molecule has 3 N–H and O–H groups in total. The summed E-state index contributed by atoms with van der Waals surface area (Å²) in [6.45, 7) is 0.750. The zero-order valence-corrected chi connectivity index (χ0v) is 18.4. The number of methoxy groups -OCH3 is 1. The Labute approximate surface area is 183 Å². The predicted octanol–water partition coefficient (Wildman–Crippen LogP) is 1.29. The van der Waals surface area contributed by atoms with Crippen LogP contribution in [-0.2, 0) is 15.6 Å². The van der Waals surface area contributed by atoms with Crippen LogP contribution in [0, 0.1) is 0 Å². The average molecular weight is 448 g/mol. The number of aliphatic hydroxyl groups excluding tert-OH is 1. The van der Waals surface area contributed by atoms with Crippen molar-refractivity contribution in [3.8, 4) is 5.75 Å². The third-order valence-electron chi connectivity index (χ3n) is 5.74. The summed E-state index contributed by atoms with van der Waals surface area (Å²) in [4.78, 5) is 12.9. The molecule has 9 heteroatoms. The van der Waals surface area contributed by atoms with Gasteiger partial charge in [-0.3, -0.25) is 4.79 Å². The second-order valence-electron chi connectivity index (χ2n) is 7.55. The Morgan fingerprint density at radius 3 is 2.39 bits per heavy atom. The van der Waals surface area contributed by atoms with Crippen LogP contribution in [-0.4, -0.2) is 63.6 Å². The molecule has 0 saturated carbocycles. The molecule has 2 aromatic rings. The number of rotatable bonds is 9. The van der Waals surface area contributed by atoms with Gasteiger partial charge in [0.1, 0.15) is 5.75 Å². The standard InChI is InChI=1S/C22H29N3O5S/c1-30-20-10-6-5-9-19(20)21(27)23-17-22(18-7-3-2-4-8-18)11-14-25(15-12-22)31(28,29)24-13-16-26/h2-10,24,26H,11-17H2,1H3,(H,23,27). The second kappa shape index (κ2) is 10.2. The summed E-state index contributed by atoms with van der Waals surface area (Å²) in [5.41, 5.74) is 1.14. The van der Waals surface area contributed by atoms with Crippen molar-refractivity contribution in [2.75, 3.05) is 39.9 Å². The van der Waals surface area contributed by atoms with Crippen molar-refractivity contribution in [1.29, 1.82) is 0 Å². The van der Waals surface area contributed by atoms with Gasteiger partial charge in [-0.1, -0.05) is 42.5 Å². The van der Waals surface area contributed by atoms with Gasteiger partial charge in [0.05, 0.1) is 19.3 Å². The fourth-order valence-electron chi connectivity index (χ4n) is 3.96. The van der Waals surface area contributed by atoms with E-state index in [1.165, 1.54) is 11.4 Å². The quantitative estimate of drug-likeness (QED) is 0.537. The normalized spacial score (nSPS) is 16.6. The minimum absolute atomic E-state index is 0.0162. The molecule has 1 saturated heterocycles. The zero-order chi connectivity index (χ0) is 22.3. The number of piperidine rings is 1. The molecule has 2 aromatic carbocycles. The van der Waals surface area contributed by atoms with Crippen LogP contribution >= 0.6 is 0 Å². The number of para-hydroxylation sites is 1. The van der Waals surface area contributed by atoms with Crippen LogP contribution in [0.1, 0.15) is 28.8 Å². The molecule has 1 aliphatic rings. The van der Waals surface area contributed by atoms with Crippen LogP contribution in [0.4, 0.5) is 0 Å². The molecule has 3 rings (SSSR count). The van der Waals surface area contributed by atoms with Crippen LogP contribution in [0.25, 0.3) is 0 Å². The van der Waals surface area contributed by atoms with Crippen LogP contribution in [0.3, 0.4) is 0 Å². The lowest BCUT2D eigenvalue weighted by molar-refractivity contribution is 0.0930. The van der Waals surface area contributed by atoms with E-state index in [9.17, 15) is 13.2 Å². The molecule has 0 bridgehead atoms. The lowest BCUT2D eigenvalue weighted by atomic mass is 9.73. The summed E-state index contributed by atoms with van der Waals surface area (Å²) in [7, 11) is -2.12. The van der Waals surface area contributed by atoms with Crippen molar-refractivity contribution in [2.24, 2.45) is 0 Å². The summed E-state index contributed by atoms with van der Waals surface area (Å²) in [5.74, 6) is 0.275. The van der Waals surface area contributed by atoms with E-state index < -0.39 is 10.2 Å². The number of carbonyl (C=O) groups is 1. The Hall–Kier alpha value is -2.46. The van der Waals surface area contributed by atoms with Crippen LogP contribution < -0.4 is 14.8 Å². The van der Waals surface area contributed by atoms with Gasteiger partial charge in [0.25, 0.3) is 16.1 Å². The van der Waals surface area contributed by atoms with Gasteiger partial charge in [-0.15, -0.1) is 0 Å². The van der Waals surface area contributed by atoms with Crippen molar-refractivity contribution in [3.63, 3.8) is 0 Å². The number of benzene rings is 2. The summed E-state index contributed by atoms with van der Waals surface area (Å²) in [6, 6.07) is 16.9. The highest BCUT2D eigenvalue weighted by Crippen LogP contribution is 2.36. The highest BCUT2D eigenvalue weighted by molar-refractivity contribution is 7.87. The zero-order valence-electron chi connectivity index (χ0n) is 17.6. The van der Waals surface area contributed by atoms with Crippen molar-refractivity contribution >= 4 is 16.1 Å². The third kappa shape index (κ3) is 5.43. The fraction of sp³-hybridized carbons (Fsp3) is 0.409. The molecule has 0 unspecified atom stereocenters. The van der Waals surface area contributed by atoms with Crippen LogP contribution in [0.15, 0.2) is 54.6 Å². The summed E-state index contributed by atoms with van der Waals surface area (Å²) >= 11 is 0. The van der Waals surface area contributed by atoms with Crippen molar-refractivity contribution < 1.29 is 23.1 Å². The molecule has 31 heavy (non-hydrogen) atoms. The first-order valence-electron chi connectivity index (χ1n) is 10.2. The molecule has 1 aliphatic heterocycles. The monoisotopic (exact) mass is 447 g/mol. The summed E-state index contributed by atoms with van der Waals surface area (Å²) < 4.78 is 33.9. The molecule has 0 spiro atoms. The minimum atomic E-state index is -3.64. The first-order valence-corrected chi connectivity index (χ1v) is 11.7. The van der Waals surface area contributed by atoms with Gasteiger partial charge in [0.2, 0.25) is 0 Å². The SMILES string of the molecule is COc1ccccc1C(=O)NCC1(c2ccccc2)CCN(S(=O)(=O)NCCO)CC1. The largest absolute Gasteiger partial charge is 0.496 e. The minimum Gasteiger partial charge on any atom is -0.496 e. The Balaban J connectivity index is 1.77. The van der Waals surface area contributed by atoms with Gasteiger partial charge in [-0.2, -0.15) is 17.4 Å². The second-order valence-corrected chi connectivity index (χ2v) is 9.31. The van der Waals surface area contributed by atoms with Gasteiger partial charge in [-0.05, 0) is 30.5 Å². The van der Waals surface area contributed by atoms with E-state index >= 15 is 0 Å². The number of hydrogen-bond acceptors (Lipinski definition) is 5. The van der Waals surface area contributed by atoms with E-state index in [0.29, 0.717) is 43.8 Å². The third-order valence-corrected chi connectivity index (χ3v) is 7.35. The van der Waals surface area contributed by atoms with E-state index in [2.05, 4.69) is 10.0 Å². The molecule has 1 heterocycles.